The van der Waals surface area contributed by atoms with Crippen LogP contribution in [0.15, 0.2) is 29.2 Å². The Morgan fingerprint density at radius 1 is 1.12 bits per heavy atom. The van der Waals surface area contributed by atoms with Crippen LogP contribution in [-0.4, -0.2) is 28.3 Å². The van der Waals surface area contributed by atoms with Crippen LogP contribution in [0.2, 0.25) is 0 Å². The lowest BCUT2D eigenvalue weighted by molar-refractivity contribution is 0.592. The fraction of sp³-hybridized carbons (Fsp3) is 0.400. The molecule has 0 radical (unpaired) electrons. The molecule has 1 rings (SSSR count). The van der Waals surface area contributed by atoms with E-state index < -0.39 is 25.1 Å². The van der Waals surface area contributed by atoms with Crippen LogP contribution < -0.4 is 4.72 Å². The Morgan fingerprint density at radius 3 is 2.18 bits per heavy atom. The summed E-state index contributed by atoms with van der Waals surface area (Å²) in [5.41, 5.74) is 0.252. The van der Waals surface area contributed by atoms with Gasteiger partial charge in [-0.2, -0.15) is 0 Å². The molecule has 0 atom stereocenters. The first kappa shape index (κ1) is 14.0. The molecule has 0 saturated heterocycles. The Bertz CT molecular complexity index is 603. The van der Waals surface area contributed by atoms with Gasteiger partial charge in [0.15, 0.2) is 9.84 Å². The highest BCUT2D eigenvalue weighted by Crippen LogP contribution is 2.17. The summed E-state index contributed by atoms with van der Waals surface area (Å²) < 4.78 is 48.2. The summed E-state index contributed by atoms with van der Waals surface area (Å²) in [6.07, 6.45) is 1.07. The summed E-state index contributed by atoms with van der Waals surface area (Å²) in [6, 6.07) is 5.72. The lowest BCUT2D eigenvalue weighted by atomic mass is 10.3. The summed E-state index contributed by atoms with van der Waals surface area (Å²) in [7, 11) is -6.79. The van der Waals surface area contributed by atoms with Crippen molar-refractivity contribution in [2.75, 3.05) is 11.0 Å². The van der Waals surface area contributed by atoms with Gasteiger partial charge in [0, 0.05) is 11.9 Å². The van der Waals surface area contributed by atoms with Crippen LogP contribution in [0.3, 0.4) is 0 Å². The molecule has 0 bridgehead atoms. The molecule has 0 amide bonds. The van der Waals surface area contributed by atoms with Crippen LogP contribution in [-0.2, 0) is 19.9 Å². The molecular formula is C10H15NO4S2. The van der Waals surface area contributed by atoms with Crippen LogP contribution in [0.25, 0.3) is 0 Å². The third kappa shape index (κ3) is 3.71. The van der Waals surface area contributed by atoms with E-state index in [0.29, 0.717) is 0 Å². The molecule has 0 heterocycles. The highest BCUT2D eigenvalue weighted by molar-refractivity contribution is 7.93. The van der Waals surface area contributed by atoms with Crippen molar-refractivity contribution in [2.24, 2.45) is 0 Å². The van der Waals surface area contributed by atoms with Crippen molar-refractivity contribution >= 4 is 25.5 Å². The van der Waals surface area contributed by atoms with E-state index in [-0.39, 0.29) is 10.6 Å². The number of sulfone groups is 1. The third-order valence-electron chi connectivity index (χ3n) is 2.14. The van der Waals surface area contributed by atoms with Crippen molar-refractivity contribution in [3.05, 3.63) is 24.3 Å². The molecule has 17 heavy (non-hydrogen) atoms. The molecule has 5 nitrogen and oxygen atoms in total. The van der Waals surface area contributed by atoms with Gasteiger partial charge in [-0.25, -0.2) is 16.8 Å². The second kappa shape index (κ2) is 4.66. The van der Waals surface area contributed by atoms with E-state index >= 15 is 0 Å². The number of benzene rings is 1. The summed E-state index contributed by atoms with van der Waals surface area (Å²) in [6.45, 7) is 3.09. The van der Waals surface area contributed by atoms with Gasteiger partial charge in [-0.3, -0.25) is 4.72 Å². The standard InChI is InChI=1S/C10H15NO4S2/c1-8(2)17(14,15)11-9-5-4-6-10(7-9)16(3,12)13/h4-8,11H,1-3H3. The maximum atomic E-state index is 11.6. The Kier molecular flexibility index (Phi) is 3.83. The zero-order valence-corrected chi connectivity index (χ0v) is 11.5. The van der Waals surface area contributed by atoms with E-state index in [0.717, 1.165) is 6.26 Å². The van der Waals surface area contributed by atoms with Crippen LogP contribution in [0.1, 0.15) is 13.8 Å². The van der Waals surface area contributed by atoms with Crippen molar-refractivity contribution in [3.8, 4) is 0 Å². The molecule has 1 aromatic rings. The topological polar surface area (TPSA) is 80.3 Å². The Balaban J connectivity index is 3.11. The number of hydrogen-bond donors (Lipinski definition) is 1. The lowest BCUT2D eigenvalue weighted by Crippen LogP contribution is -2.22. The SMILES string of the molecule is CC(C)S(=O)(=O)Nc1cccc(S(C)(=O)=O)c1. The molecular weight excluding hydrogens is 262 g/mol. The average Bonchev–Trinajstić information content (AvgIpc) is 2.15. The first-order valence-corrected chi connectivity index (χ1v) is 8.38. The Hall–Kier alpha value is -1.08. The fourth-order valence-corrected chi connectivity index (χ4v) is 2.43. The van der Waals surface area contributed by atoms with Gasteiger partial charge in [-0.1, -0.05) is 6.07 Å². The predicted octanol–water partition coefficient (Wildman–Crippen LogP) is 1.24. The van der Waals surface area contributed by atoms with Gasteiger partial charge in [-0.15, -0.1) is 0 Å². The number of sulfonamides is 1. The van der Waals surface area contributed by atoms with Gasteiger partial charge in [-0.05, 0) is 32.0 Å². The zero-order valence-electron chi connectivity index (χ0n) is 9.84. The van der Waals surface area contributed by atoms with Gasteiger partial charge in [0.1, 0.15) is 0 Å². The Morgan fingerprint density at radius 2 is 1.71 bits per heavy atom. The summed E-state index contributed by atoms with van der Waals surface area (Å²) in [4.78, 5) is 0.0847. The molecule has 0 aliphatic heterocycles. The monoisotopic (exact) mass is 277 g/mol. The summed E-state index contributed by atoms with van der Waals surface area (Å²) >= 11 is 0. The van der Waals surface area contributed by atoms with E-state index in [9.17, 15) is 16.8 Å². The smallest absolute Gasteiger partial charge is 0.235 e. The number of hydrogen-bond acceptors (Lipinski definition) is 4. The van der Waals surface area contributed by atoms with Crippen molar-refractivity contribution < 1.29 is 16.8 Å². The second-order valence-electron chi connectivity index (χ2n) is 4.00. The second-order valence-corrected chi connectivity index (χ2v) is 8.25. The highest BCUT2D eigenvalue weighted by Gasteiger charge is 2.16. The van der Waals surface area contributed by atoms with Crippen LogP contribution >= 0.6 is 0 Å². The maximum Gasteiger partial charge on any atom is 0.235 e. The van der Waals surface area contributed by atoms with Gasteiger partial charge in [0.25, 0.3) is 0 Å². The molecule has 96 valence electrons. The molecule has 0 aliphatic rings. The molecule has 0 fully saturated rings. The highest BCUT2D eigenvalue weighted by atomic mass is 32.2. The zero-order chi connectivity index (χ0) is 13.3. The van der Waals surface area contributed by atoms with Crippen LogP contribution in [0.5, 0.6) is 0 Å². The van der Waals surface area contributed by atoms with Crippen molar-refractivity contribution in [1.29, 1.82) is 0 Å². The Labute approximate surface area is 102 Å². The van der Waals surface area contributed by atoms with Crippen LogP contribution in [0, 0.1) is 0 Å². The molecule has 0 saturated carbocycles. The molecule has 7 heteroatoms. The maximum absolute atomic E-state index is 11.6. The van der Waals surface area contributed by atoms with Crippen molar-refractivity contribution in [2.45, 2.75) is 24.0 Å². The van der Waals surface area contributed by atoms with E-state index in [1.165, 1.54) is 24.3 Å². The average molecular weight is 277 g/mol. The van der Waals surface area contributed by atoms with E-state index in [2.05, 4.69) is 4.72 Å². The minimum atomic E-state index is -3.46. The lowest BCUT2D eigenvalue weighted by Gasteiger charge is -2.11. The minimum Gasteiger partial charge on any atom is -0.283 e. The van der Waals surface area contributed by atoms with Gasteiger partial charge >= 0.3 is 0 Å². The molecule has 0 spiro atoms. The quantitative estimate of drug-likeness (QED) is 0.898. The number of nitrogens with one attached hydrogen (secondary N) is 1. The first-order valence-electron chi connectivity index (χ1n) is 4.94. The molecule has 0 aliphatic carbocycles. The number of rotatable bonds is 4. The van der Waals surface area contributed by atoms with Crippen molar-refractivity contribution in [1.82, 2.24) is 0 Å². The van der Waals surface area contributed by atoms with E-state index in [1.807, 2.05) is 0 Å². The normalized spacial score (nSPS) is 12.7. The first-order chi connectivity index (χ1) is 7.63. The predicted molar refractivity (Wildman–Crippen MR) is 67.2 cm³/mol. The van der Waals surface area contributed by atoms with Crippen LogP contribution in [0.4, 0.5) is 5.69 Å². The van der Waals surface area contributed by atoms with E-state index in [4.69, 9.17) is 0 Å². The summed E-state index contributed by atoms with van der Waals surface area (Å²) in [5, 5.41) is -0.579. The summed E-state index contributed by atoms with van der Waals surface area (Å²) in [5.74, 6) is 0. The third-order valence-corrected chi connectivity index (χ3v) is 5.01. The largest absolute Gasteiger partial charge is 0.283 e. The molecule has 1 N–H and O–H groups in total. The number of anilines is 1. The molecule has 0 aromatic heterocycles. The van der Waals surface area contributed by atoms with Gasteiger partial charge in [0.05, 0.1) is 10.1 Å². The minimum absolute atomic E-state index is 0.0847. The van der Waals surface area contributed by atoms with Gasteiger partial charge in [0.2, 0.25) is 10.0 Å². The molecule has 0 unspecified atom stereocenters. The fourth-order valence-electron chi connectivity index (χ4n) is 1.07. The van der Waals surface area contributed by atoms with Gasteiger partial charge < -0.3 is 0 Å². The van der Waals surface area contributed by atoms with Crippen molar-refractivity contribution in [3.63, 3.8) is 0 Å². The van der Waals surface area contributed by atoms with E-state index in [1.54, 1.807) is 13.8 Å². The molecule has 1 aromatic carbocycles.